The molecular weight excluding hydrogens is 162 g/mol. The van der Waals surface area contributed by atoms with Gasteiger partial charge >= 0.3 is 0 Å². The summed E-state index contributed by atoms with van der Waals surface area (Å²) in [5.41, 5.74) is 6.76. The minimum Gasteiger partial charge on any atom is -0.332 e. The van der Waals surface area contributed by atoms with Crippen LogP contribution in [0.4, 0.5) is 0 Å². The average molecular weight is 181 g/mol. The maximum atomic E-state index is 5.52. The van der Waals surface area contributed by atoms with E-state index in [0.29, 0.717) is 18.5 Å². The summed E-state index contributed by atoms with van der Waals surface area (Å²) in [6.07, 6.45) is 4.72. The molecule has 0 fully saturated rings. The molecule has 1 aromatic rings. The van der Waals surface area contributed by atoms with E-state index in [1.165, 1.54) is 5.69 Å². The molecule has 0 amide bonds. The van der Waals surface area contributed by atoms with Crippen LogP contribution in [0.25, 0.3) is 0 Å². The maximum absolute atomic E-state index is 5.52. The van der Waals surface area contributed by atoms with Crippen LogP contribution in [0.1, 0.15) is 32.5 Å². The first-order valence-corrected chi connectivity index (χ1v) is 4.87. The first-order valence-electron chi connectivity index (χ1n) is 4.87. The molecule has 1 rings (SSSR count). The molecule has 3 nitrogen and oxygen atoms in total. The van der Waals surface area contributed by atoms with E-state index >= 15 is 0 Å². The second-order valence-corrected chi connectivity index (χ2v) is 3.82. The first kappa shape index (κ1) is 10.3. The Morgan fingerprint density at radius 1 is 1.46 bits per heavy atom. The normalized spacial score (nSPS) is 13.6. The van der Waals surface area contributed by atoms with Crippen LogP contribution in [-0.4, -0.2) is 16.1 Å². The van der Waals surface area contributed by atoms with Gasteiger partial charge in [-0.25, -0.2) is 4.98 Å². The van der Waals surface area contributed by atoms with E-state index < -0.39 is 0 Å². The van der Waals surface area contributed by atoms with E-state index in [1.807, 2.05) is 12.5 Å². The number of imidazole rings is 1. The van der Waals surface area contributed by atoms with E-state index in [0.717, 1.165) is 6.42 Å². The highest BCUT2D eigenvalue weighted by atomic mass is 15.1. The van der Waals surface area contributed by atoms with Gasteiger partial charge in [-0.1, -0.05) is 13.8 Å². The zero-order valence-corrected chi connectivity index (χ0v) is 8.70. The third-order valence-electron chi connectivity index (χ3n) is 2.55. The molecule has 1 heterocycles. The lowest BCUT2D eigenvalue weighted by molar-refractivity contribution is 0.398. The molecule has 0 spiro atoms. The van der Waals surface area contributed by atoms with Crippen molar-refractivity contribution >= 4 is 0 Å². The predicted octanol–water partition coefficient (Wildman–Crippen LogP) is 1.60. The molecule has 0 aliphatic rings. The van der Waals surface area contributed by atoms with Gasteiger partial charge in [0.15, 0.2) is 0 Å². The van der Waals surface area contributed by atoms with Gasteiger partial charge in [0.2, 0.25) is 0 Å². The molecule has 0 aliphatic heterocycles. The Kier molecular flexibility index (Phi) is 3.48. The summed E-state index contributed by atoms with van der Waals surface area (Å²) in [5, 5.41) is 0. The molecule has 74 valence electrons. The van der Waals surface area contributed by atoms with Crippen LogP contribution >= 0.6 is 0 Å². The molecule has 13 heavy (non-hydrogen) atoms. The fourth-order valence-electron chi connectivity index (χ4n) is 1.36. The molecule has 0 bridgehead atoms. The average Bonchev–Trinajstić information content (AvgIpc) is 2.52. The number of nitrogens with two attached hydrogens (primary N) is 1. The second kappa shape index (κ2) is 4.42. The van der Waals surface area contributed by atoms with Crippen LogP contribution in [0.2, 0.25) is 0 Å². The molecule has 0 radical (unpaired) electrons. The largest absolute Gasteiger partial charge is 0.332 e. The summed E-state index contributed by atoms with van der Waals surface area (Å²) < 4.78 is 2.22. The summed E-state index contributed by atoms with van der Waals surface area (Å²) in [7, 11) is 0. The summed E-state index contributed by atoms with van der Waals surface area (Å²) in [5.74, 6) is 0.630. The Labute approximate surface area is 80.0 Å². The lowest BCUT2D eigenvalue weighted by atomic mass is 10.1. The Bertz CT molecular complexity index is 252. The van der Waals surface area contributed by atoms with Crippen molar-refractivity contribution in [3.63, 3.8) is 0 Å². The Morgan fingerprint density at radius 3 is 2.69 bits per heavy atom. The number of nitrogens with zero attached hydrogens (tertiary/aromatic N) is 2. The zero-order chi connectivity index (χ0) is 9.84. The molecule has 0 aliphatic carbocycles. The van der Waals surface area contributed by atoms with E-state index in [9.17, 15) is 0 Å². The lowest BCUT2D eigenvalue weighted by Gasteiger charge is -2.19. The zero-order valence-electron chi connectivity index (χ0n) is 8.70. The van der Waals surface area contributed by atoms with Gasteiger partial charge in [-0.2, -0.15) is 0 Å². The van der Waals surface area contributed by atoms with Crippen LogP contribution in [0.15, 0.2) is 12.5 Å². The van der Waals surface area contributed by atoms with Crippen LogP contribution in [0.3, 0.4) is 0 Å². The highest BCUT2D eigenvalue weighted by molar-refractivity contribution is 5.00. The summed E-state index contributed by atoms with van der Waals surface area (Å²) >= 11 is 0. The fourth-order valence-corrected chi connectivity index (χ4v) is 1.36. The first-order chi connectivity index (χ1) is 6.16. The van der Waals surface area contributed by atoms with Crippen LogP contribution in [-0.2, 0) is 6.42 Å². The maximum Gasteiger partial charge on any atom is 0.0950 e. The van der Waals surface area contributed by atoms with E-state index in [-0.39, 0.29) is 0 Å². The Hall–Kier alpha value is -0.830. The SMILES string of the molecule is CC(C)C(C)n1cncc1CCN. The van der Waals surface area contributed by atoms with E-state index in [1.54, 1.807) is 0 Å². The van der Waals surface area contributed by atoms with Crippen molar-refractivity contribution in [3.8, 4) is 0 Å². The molecule has 2 N–H and O–H groups in total. The van der Waals surface area contributed by atoms with Gasteiger partial charge in [-0.15, -0.1) is 0 Å². The van der Waals surface area contributed by atoms with Crippen LogP contribution in [0, 0.1) is 5.92 Å². The molecule has 3 heteroatoms. The molecule has 1 aromatic heterocycles. The van der Waals surface area contributed by atoms with Crippen molar-refractivity contribution in [2.45, 2.75) is 33.2 Å². The van der Waals surface area contributed by atoms with Crippen molar-refractivity contribution in [1.82, 2.24) is 9.55 Å². The summed E-state index contributed by atoms with van der Waals surface area (Å²) in [4.78, 5) is 4.15. The van der Waals surface area contributed by atoms with Crippen molar-refractivity contribution in [2.24, 2.45) is 11.7 Å². The molecule has 0 saturated heterocycles. The number of hydrogen-bond acceptors (Lipinski definition) is 2. The number of hydrogen-bond donors (Lipinski definition) is 1. The van der Waals surface area contributed by atoms with Gasteiger partial charge < -0.3 is 10.3 Å². The van der Waals surface area contributed by atoms with Crippen LogP contribution < -0.4 is 5.73 Å². The monoisotopic (exact) mass is 181 g/mol. The van der Waals surface area contributed by atoms with Crippen molar-refractivity contribution in [1.29, 1.82) is 0 Å². The van der Waals surface area contributed by atoms with Crippen LogP contribution in [0.5, 0.6) is 0 Å². The summed E-state index contributed by atoms with van der Waals surface area (Å²) in [6.45, 7) is 7.34. The minimum absolute atomic E-state index is 0.504. The highest BCUT2D eigenvalue weighted by Gasteiger charge is 2.11. The van der Waals surface area contributed by atoms with Crippen molar-refractivity contribution in [2.75, 3.05) is 6.54 Å². The van der Waals surface area contributed by atoms with Gasteiger partial charge in [-0.3, -0.25) is 0 Å². The van der Waals surface area contributed by atoms with Gasteiger partial charge in [0.1, 0.15) is 0 Å². The Balaban J connectivity index is 2.80. The smallest absolute Gasteiger partial charge is 0.0950 e. The molecule has 1 atom stereocenters. The second-order valence-electron chi connectivity index (χ2n) is 3.82. The molecule has 1 unspecified atom stereocenters. The number of aromatic nitrogens is 2. The predicted molar refractivity (Wildman–Crippen MR) is 54.5 cm³/mol. The molecular formula is C10H19N3. The topological polar surface area (TPSA) is 43.8 Å². The van der Waals surface area contributed by atoms with Crippen molar-refractivity contribution < 1.29 is 0 Å². The standard InChI is InChI=1S/C10H19N3/c1-8(2)9(3)13-7-12-6-10(13)4-5-11/h6-9H,4-5,11H2,1-3H3. The quantitative estimate of drug-likeness (QED) is 0.766. The van der Waals surface area contributed by atoms with E-state index in [2.05, 4.69) is 30.3 Å². The van der Waals surface area contributed by atoms with E-state index in [4.69, 9.17) is 5.73 Å². The van der Waals surface area contributed by atoms with Gasteiger partial charge in [-0.05, 0) is 19.4 Å². The molecule has 0 saturated carbocycles. The van der Waals surface area contributed by atoms with Gasteiger partial charge in [0.05, 0.1) is 6.33 Å². The highest BCUT2D eigenvalue weighted by Crippen LogP contribution is 2.18. The van der Waals surface area contributed by atoms with Gasteiger partial charge in [0.25, 0.3) is 0 Å². The number of rotatable bonds is 4. The third kappa shape index (κ3) is 2.31. The third-order valence-corrected chi connectivity index (χ3v) is 2.55. The van der Waals surface area contributed by atoms with Crippen molar-refractivity contribution in [3.05, 3.63) is 18.2 Å². The lowest BCUT2D eigenvalue weighted by Crippen LogP contribution is -2.15. The van der Waals surface area contributed by atoms with Gasteiger partial charge in [0, 0.05) is 24.4 Å². The Morgan fingerprint density at radius 2 is 2.15 bits per heavy atom. The summed E-state index contributed by atoms with van der Waals surface area (Å²) in [6, 6.07) is 0.504. The molecule has 0 aromatic carbocycles. The fraction of sp³-hybridized carbons (Fsp3) is 0.700. The minimum atomic E-state index is 0.504.